The first kappa shape index (κ1) is 11.4. The average molecular weight is 246 g/mol. The zero-order valence-electron chi connectivity index (χ0n) is 10.4. The molecule has 1 saturated carbocycles. The van der Waals surface area contributed by atoms with Gasteiger partial charge in [0.05, 0.1) is 11.3 Å². The van der Waals surface area contributed by atoms with Gasteiger partial charge in [-0.15, -0.1) is 0 Å². The highest BCUT2D eigenvalue weighted by atomic mass is 16.5. The zero-order chi connectivity index (χ0) is 12.4. The average Bonchev–Trinajstić information content (AvgIpc) is 3.22. The Balaban J connectivity index is 1.68. The van der Waals surface area contributed by atoms with E-state index in [-0.39, 0.29) is 5.91 Å². The third-order valence-electron chi connectivity index (χ3n) is 3.46. The molecule has 1 aromatic carbocycles. The summed E-state index contributed by atoms with van der Waals surface area (Å²) in [5, 5.41) is 6.21. The number of amides is 1. The normalized spacial score (nSPS) is 17.3. The van der Waals surface area contributed by atoms with Crippen LogP contribution in [0, 0.1) is 5.92 Å². The van der Waals surface area contributed by atoms with Crippen molar-refractivity contribution < 1.29 is 9.53 Å². The number of para-hydroxylation sites is 1. The van der Waals surface area contributed by atoms with Crippen LogP contribution in [0.2, 0.25) is 0 Å². The highest BCUT2D eigenvalue weighted by Gasteiger charge is 2.22. The minimum Gasteiger partial charge on any atom is -0.489 e. The van der Waals surface area contributed by atoms with E-state index in [0.29, 0.717) is 17.9 Å². The van der Waals surface area contributed by atoms with Crippen LogP contribution in [0.1, 0.15) is 29.6 Å². The maximum atomic E-state index is 12.1. The maximum Gasteiger partial charge on any atom is 0.255 e. The van der Waals surface area contributed by atoms with Gasteiger partial charge in [0.2, 0.25) is 0 Å². The Labute approximate surface area is 107 Å². The molecule has 0 aromatic heterocycles. The fourth-order valence-electron chi connectivity index (χ4n) is 2.24. The van der Waals surface area contributed by atoms with Crippen LogP contribution < -0.4 is 15.4 Å². The van der Waals surface area contributed by atoms with Gasteiger partial charge in [0, 0.05) is 13.1 Å². The van der Waals surface area contributed by atoms with Gasteiger partial charge in [-0.05, 0) is 24.5 Å². The van der Waals surface area contributed by atoms with E-state index in [1.165, 1.54) is 12.8 Å². The van der Waals surface area contributed by atoms with Crippen LogP contribution in [0.4, 0.5) is 5.69 Å². The van der Waals surface area contributed by atoms with Gasteiger partial charge in [-0.25, -0.2) is 0 Å². The number of hydrogen-bond acceptors (Lipinski definition) is 3. The smallest absolute Gasteiger partial charge is 0.255 e. The number of carbonyl (C=O) groups is 1. The molecule has 0 unspecified atom stereocenters. The fraction of sp³-hybridized carbons (Fsp3) is 0.500. The van der Waals surface area contributed by atoms with Crippen LogP contribution in [-0.4, -0.2) is 25.6 Å². The van der Waals surface area contributed by atoms with Crippen LogP contribution in [0.3, 0.4) is 0 Å². The molecule has 2 N–H and O–H groups in total. The van der Waals surface area contributed by atoms with Crippen LogP contribution in [0.15, 0.2) is 18.2 Å². The van der Waals surface area contributed by atoms with Gasteiger partial charge in [0.1, 0.15) is 6.61 Å². The van der Waals surface area contributed by atoms with E-state index in [1.807, 2.05) is 18.2 Å². The second-order valence-corrected chi connectivity index (χ2v) is 4.95. The van der Waals surface area contributed by atoms with Gasteiger partial charge in [-0.3, -0.25) is 4.79 Å². The Bertz CT molecular complexity index is 455. The molecule has 96 valence electrons. The minimum atomic E-state index is -0.0313. The second-order valence-electron chi connectivity index (χ2n) is 4.95. The van der Waals surface area contributed by atoms with E-state index in [1.54, 1.807) is 0 Å². The highest BCUT2D eigenvalue weighted by Crippen LogP contribution is 2.32. The molecule has 0 saturated heterocycles. The molecule has 3 rings (SSSR count). The van der Waals surface area contributed by atoms with E-state index in [9.17, 15) is 4.79 Å². The van der Waals surface area contributed by atoms with E-state index < -0.39 is 0 Å². The molecule has 1 aliphatic heterocycles. The summed E-state index contributed by atoms with van der Waals surface area (Å²) in [5.74, 6) is 1.50. The van der Waals surface area contributed by atoms with Gasteiger partial charge < -0.3 is 15.4 Å². The number of ether oxygens (including phenoxy) is 1. The number of hydrogen-bond donors (Lipinski definition) is 2. The predicted octanol–water partition coefficient (Wildman–Crippen LogP) is 2.02. The van der Waals surface area contributed by atoms with Crippen molar-refractivity contribution in [3.63, 3.8) is 0 Å². The topological polar surface area (TPSA) is 50.4 Å². The number of nitrogens with one attached hydrogen (secondary N) is 2. The van der Waals surface area contributed by atoms with Crippen molar-refractivity contribution in [2.75, 3.05) is 25.0 Å². The molecule has 1 amide bonds. The SMILES string of the molecule is O=C(NCCC1CC1)c1cccc2c1OCCN2. The zero-order valence-corrected chi connectivity index (χ0v) is 10.4. The number of fused-ring (bicyclic) bond motifs is 1. The molecular formula is C14H18N2O2. The Morgan fingerprint density at radius 2 is 2.33 bits per heavy atom. The summed E-state index contributed by atoms with van der Waals surface area (Å²) in [6, 6.07) is 5.64. The quantitative estimate of drug-likeness (QED) is 0.854. The van der Waals surface area contributed by atoms with Gasteiger partial charge in [0.15, 0.2) is 5.75 Å². The predicted molar refractivity (Wildman–Crippen MR) is 70.1 cm³/mol. The van der Waals surface area contributed by atoms with Crippen molar-refractivity contribution in [2.24, 2.45) is 5.92 Å². The van der Waals surface area contributed by atoms with Crippen molar-refractivity contribution in [1.29, 1.82) is 0 Å². The molecule has 4 nitrogen and oxygen atoms in total. The molecule has 1 heterocycles. The van der Waals surface area contributed by atoms with Gasteiger partial charge in [0.25, 0.3) is 5.91 Å². The van der Waals surface area contributed by atoms with Crippen molar-refractivity contribution >= 4 is 11.6 Å². The Kier molecular flexibility index (Phi) is 3.09. The summed E-state index contributed by atoms with van der Waals surface area (Å²) >= 11 is 0. The summed E-state index contributed by atoms with van der Waals surface area (Å²) in [5.41, 5.74) is 1.55. The molecule has 0 bridgehead atoms. The Hall–Kier alpha value is -1.71. The summed E-state index contributed by atoms with van der Waals surface area (Å²) in [7, 11) is 0. The van der Waals surface area contributed by atoms with Crippen molar-refractivity contribution in [3.05, 3.63) is 23.8 Å². The van der Waals surface area contributed by atoms with E-state index in [0.717, 1.165) is 31.1 Å². The van der Waals surface area contributed by atoms with Crippen molar-refractivity contribution in [3.8, 4) is 5.75 Å². The summed E-state index contributed by atoms with van der Waals surface area (Å²) in [6.07, 6.45) is 3.74. The first-order chi connectivity index (χ1) is 8.84. The lowest BCUT2D eigenvalue weighted by atomic mass is 10.1. The van der Waals surface area contributed by atoms with Gasteiger partial charge in [-0.2, -0.15) is 0 Å². The molecule has 0 spiro atoms. The largest absolute Gasteiger partial charge is 0.489 e. The molecule has 0 radical (unpaired) electrons. The lowest BCUT2D eigenvalue weighted by Gasteiger charge is -2.21. The van der Waals surface area contributed by atoms with Crippen LogP contribution in [-0.2, 0) is 0 Å². The summed E-state index contributed by atoms with van der Waals surface area (Å²) in [4.78, 5) is 12.1. The van der Waals surface area contributed by atoms with Gasteiger partial charge in [-0.1, -0.05) is 18.9 Å². The molecular weight excluding hydrogens is 228 g/mol. The van der Waals surface area contributed by atoms with E-state index >= 15 is 0 Å². The first-order valence-corrected chi connectivity index (χ1v) is 6.62. The molecule has 18 heavy (non-hydrogen) atoms. The molecule has 0 atom stereocenters. The second kappa shape index (κ2) is 4.88. The highest BCUT2D eigenvalue weighted by molar-refractivity contribution is 5.98. The number of benzene rings is 1. The van der Waals surface area contributed by atoms with E-state index in [4.69, 9.17) is 4.74 Å². The third kappa shape index (κ3) is 2.42. The summed E-state index contributed by atoms with van der Waals surface area (Å²) < 4.78 is 5.59. The standard InChI is InChI=1S/C14H18N2O2/c17-14(16-7-6-10-4-5-10)11-2-1-3-12-13(11)18-9-8-15-12/h1-3,10,15H,4-9H2,(H,16,17). The lowest BCUT2D eigenvalue weighted by Crippen LogP contribution is -2.27. The Morgan fingerprint density at radius 3 is 3.17 bits per heavy atom. The monoisotopic (exact) mass is 246 g/mol. The maximum absolute atomic E-state index is 12.1. The molecule has 1 fully saturated rings. The number of carbonyl (C=O) groups excluding carboxylic acids is 1. The number of rotatable bonds is 4. The first-order valence-electron chi connectivity index (χ1n) is 6.62. The minimum absolute atomic E-state index is 0.0313. The van der Waals surface area contributed by atoms with Crippen molar-refractivity contribution in [1.82, 2.24) is 5.32 Å². The molecule has 4 heteroatoms. The molecule has 1 aliphatic carbocycles. The van der Waals surface area contributed by atoms with Crippen LogP contribution in [0.5, 0.6) is 5.75 Å². The third-order valence-corrected chi connectivity index (χ3v) is 3.46. The number of anilines is 1. The van der Waals surface area contributed by atoms with Crippen molar-refractivity contribution in [2.45, 2.75) is 19.3 Å². The fourth-order valence-corrected chi connectivity index (χ4v) is 2.24. The van der Waals surface area contributed by atoms with Crippen LogP contribution >= 0.6 is 0 Å². The Morgan fingerprint density at radius 1 is 1.44 bits per heavy atom. The molecule has 1 aromatic rings. The van der Waals surface area contributed by atoms with E-state index in [2.05, 4.69) is 10.6 Å². The van der Waals surface area contributed by atoms with Crippen LogP contribution in [0.25, 0.3) is 0 Å². The summed E-state index contributed by atoms with van der Waals surface area (Å²) in [6.45, 7) is 2.17. The van der Waals surface area contributed by atoms with Gasteiger partial charge >= 0.3 is 0 Å². The molecule has 2 aliphatic rings. The lowest BCUT2D eigenvalue weighted by molar-refractivity contribution is 0.0948.